The molecule has 0 heterocycles. The van der Waals surface area contributed by atoms with Gasteiger partial charge in [-0.1, -0.05) is 12.1 Å². The largest absolute Gasteiger partial charge is 0.469 e. The average molecular weight is 304 g/mol. The molecule has 1 unspecified atom stereocenters. The molecule has 2 N–H and O–H groups in total. The van der Waals surface area contributed by atoms with E-state index in [1.165, 1.54) is 26.2 Å². The van der Waals surface area contributed by atoms with E-state index in [9.17, 15) is 22.8 Å². The number of amides is 2. The Hall–Kier alpha value is -2.25. The van der Waals surface area contributed by atoms with E-state index >= 15 is 0 Å². The molecule has 0 saturated carbocycles. The summed E-state index contributed by atoms with van der Waals surface area (Å²) in [5.41, 5.74) is -1.30. The number of methoxy groups -OCH3 is 1. The van der Waals surface area contributed by atoms with Gasteiger partial charge >= 0.3 is 18.2 Å². The smallest absolute Gasteiger partial charge is 0.418 e. The van der Waals surface area contributed by atoms with Crippen molar-refractivity contribution in [3.05, 3.63) is 29.8 Å². The topological polar surface area (TPSA) is 67.4 Å². The van der Waals surface area contributed by atoms with E-state index in [1.807, 2.05) is 0 Å². The number of alkyl halides is 3. The van der Waals surface area contributed by atoms with Crippen LogP contribution in [0, 0.1) is 0 Å². The number of carbonyl (C=O) groups excluding carboxylic acids is 2. The lowest BCUT2D eigenvalue weighted by molar-refractivity contribution is -0.141. The minimum absolute atomic E-state index is 0.0785. The summed E-state index contributed by atoms with van der Waals surface area (Å²) in [7, 11) is 1.20. The summed E-state index contributed by atoms with van der Waals surface area (Å²) in [6.07, 6.45) is -4.65. The van der Waals surface area contributed by atoms with E-state index in [-0.39, 0.29) is 12.1 Å². The van der Waals surface area contributed by atoms with Crippen LogP contribution < -0.4 is 10.6 Å². The third kappa shape index (κ3) is 5.33. The molecule has 0 bridgehead atoms. The fraction of sp³-hybridized carbons (Fsp3) is 0.385. The fourth-order valence-electron chi connectivity index (χ4n) is 1.61. The van der Waals surface area contributed by atoms with Gasteiger partial charge in [0.2, 0.25) is 0 Å². The molecule has 1 rings (SSSR count). The molecule has 1 aromatic carbocycles. The van der Waals surface area contributed by atoms with E-state index in [0.717, 1.165) is 12.1 Å². The van der Waals surface area contributed by atoms with Crippen LogP contribution in [0.4, 0.5) is 23.7 Å². The van der Waals surface area contributed by atoms with E-state index in [0.29, 0.717) is 0 Å². The minimum Gasteiger partial charge on any atom is -0.469 e. The maximum atomic E-state index is 12.7. The second-order valence-electron chi connectivity index (χ2n) is 4.32. The predicted octanol–water partition coefficient (Wildman–Crippen LogP) is 2.78. The molecule has 2 amide bonds. The first-order valence-electron chi connectivity index (χ1n) is 6.04. The Morgan fingerprint density at radius 3 is 2.48 bits per heavy atom. The number of para-hydroxylation sites is 1. The second-order valence-corrected chi connectivity index (χ2v) is 4.32. The van der Waals surface area contributed by atoms with Gasteiger partial charge in [-0.05, 0) is 19.1 Å². The molecule has 0 aromatic heterocycles. The van der Waals surface area contributed by atoms with Crippen LogP contribution in [-0.2, 0) is 15.7 Å². The molecule has 21 heavy (non-hydrogen) atoms. The summed E-state index contributed by atoms with van der Waals surface area (Å²) in [6.45, 7) is 1.53. The van der Waals surface area contributed by atoms with Crippen molar-refractivity contribution >= 4 is 17.7 Å². The van der Waals surface area contributed by atoms with E-state index in [2.05, 4.69) is 15.4 Å². The van der Waals surface area contributed by atoms with Crippen molar-refractivity contribution in [2.45, 2.75) is 25.6 Å². The van der Waals surface area contributed by atoms with Crippen LogP contribution in [0.2, 0.25) is 0 Å². The number of hydrogen-bond donors (Lipinski definition) is 2. The second kappa shape index (κ2) is 6.96. The molecule has 0 aliphatic rings. The van der Waals surface area contributed by atoms with Crippen LogP contribution in [0.1, 0.15) is 18.9 Å². The maximum absolute atomic E-state index is 12.7. The first kappa shape index (κ1) is 16.8. The minimum atomic E-state index is -4.57. The number of esters is 1. The third-order valence-electron chi connectivity index (χ3n) is 2.56. The Labute approximate surface area is 119 Å². The summed E-state index contributed by atoms with van der Waals surface area (Å²) in [6, 6.07) is 3.22. The Balaban J connectivity index is 2.70. The van der Waals surface area contributed by atoms with Crippen LogP contribution in [0.15, 0.2) is 24.3 Å². The van der Waals surface area contributed by atoms with Crippen molar-refractivity contribution in [1.29, 1.82) is 0 Å². The summed E-state index contributed by atoms with van der Waals surface area (Å²) in [5, 5.41) is 4.47. The number of anilines is 1. The Bertz CT molecular complexity index is 518. The monoisotopic (exact) mass is 304 g/mol. The van der Waals surface area contributed by atoms with Crippen LogP contribution in [0.5, 0.6) is 0 Å². The van der Waals surface area contributed by atoms with Gasteiger partial charge in [-0.3, -0.25) is 4.79 Å². The lowest BCUT2D eigenvalue weighted by Gasteiger charge is -2.16. The predicted molar refractivity (Wildman–Crippen MR) is 69.7 cm³/mol. The molecular weight excluding hydrogens is 289 g/mol. The Morgan fingerprint density at radius 1 is 1.29 bits per heavy atom. The summed E-state index contributed by atoms with van der Waals surface area (Å²) in [5.74, 6) is -0.529. The SMILES string of the molecule is COC(=O)CC(C)NC(=O)Nc1ccccc1C(F)(F)F. The van der Waals surface area contributed by atoms with E-state index < -0.39 is 29.8 Å². The van der Waals surface area contributed by atoms with Crippen LogP contribution in [0.25, 0.3) is 0 Å². The van der Waals surface area contributed by atoms with Gasteiger partial charge in [0.1, 0.15) is 0 Å². The Kier molecular flexibility index (Phi) is 5.57. The van der Waals surface area contributed by atoms with Gasteiger partial charge in [0.25, 0.3) is 0 Å². The molecule has 0 fully saturated rings. The van der Waals surface area contributed by atoms with Crippen molar-refractivity contribution in [2.75, 3.05) is 12.4 Å². The zero-order valence-electron chi connectivity index (χ0n) is 11.5. The third-order valence-corrected chi connectivity index (χ3v) is 2.56. The van der Waals surface area contributed by atoms with Gasteiger partial charge in [-0.2, -0.15) is 13.2 Å². The number of benzene rings is 1. The highest BCUT2D eigenvalue weighted by atomic mass is 19.4. The maximum Gasteiger partial charge on any atom is 0.418 e. The molecule has 5 nitrogen and oxygen atoms in total. The normalized spacial score (nSPS) is 12.4. The quantitative estimate of drug-likeness (QED) is 0.841. The number of rotatable bonds is 4. The van der Waals surface area contributed by atoms with E-state index in [1.54, 1.807) is 0 Å². The van der Waals surface area contributed by atoms with Crippen molar-refractivity contribution in [1.82, 2.24) is 5.32 Å². The van der Waals surface area contributed by atoms with Gasteiger partial charge in [0, 0.05) is 6.04 Å². The zero-order valence-corrected chi connectivity index (χ0v) is 11.5. The Morgan fingerprint density at radius 2 is 1.90 bits per heavy atom. The molecule has 0 aliphatic heterocycles. The number of ether oxygens (including phenoxy) is 1. The first-order valence-corrected chi connectivity index (χ1v) is 6.04. The average Bonchev–Trinajstić information content (AvgIpc) is 2.37. The number of carbonyl (C=O) groups is 2. The molecule has 0 spiro atoms. The highest BCUT2D eigenvalue weighted by molar-refractivity contribution is 5.90. The highest BCUT2D eigenvalue weighted by Crippen LogP contribution is 2.34. The van der Waals surface area contributed by atoms with Crippen molar-refractivity contribution in [3.63, 3.8) is 0 Å². The van der Waals surface area contributed by atoms with Crippen LogP contribution in [-0.4, -0.2) is 25.2 Å². The zero-order chi connectivity index (χ0) is 16.0. The number of halogens is 3. The molecule has 1 atom stereocenters. The summed E-state index contributed by atoms with van der Waals surface area (Å²) < 4.78 is 42.7. The van der Waals surface area contributed by atoms with Gasteiger partial charge in [-0.15, -0.1) is 0 Å². The van der Waals surface area contributed by atoms with Gasteiger partial charge in [0.05, 0.1) is 24.8 Å². The fourth-order valence-corrected chi connectivity index (χ4v) is 1.61. The van der Waals surface area contributed by atoms with Crippen molar-refractivity contribution in [2.24, 2.45) is 0 Å². The van der Waals surface area contributed by atoms with Crippen molar-refractivity contribution in [3.8, 4) is 0 Å². The molecule has 0 radical (unpaired) electrons. The lowest BCUT2D eigenvalue weighted by atomic mass is 10.1. The van der Waals surface area contributed by atoms with Crippen LogP contribution >= 0.6 is 0 Å². The number of urea groups is 1. The van der Waals surface area contributed by atoms with Gasteiger partial charge in [0.15, 0.2) is 0 Å². The number of hydrogen-bond acceptors (Lipinski definition) is 3. The number of nitrogens with one attached hydrogen (secondary N) is 2. The molecule has 0 saturated heterocycles. The van der Waals surface area contributed by atoms with Gasteiger partial charge < -0.3 is 15.4 Å². The molecule has 116 valence electrons. The molecule has 1 aromatic rings. The molecule has 0 aliphatic carbocycles. The van der Waals surface area contributed by atoms with Crippen LogP contribution in [0.3, 0.4) is 0 Å². The first-order chi connectivity index (χ1) is 9.74. The standard InChI is InChI=1S/C13H15F3N2O3/c1-8(7-11(19)21-2)17-12(20)18-10-6-4-3-5-9(10)13(14,15)16/h3-6,8H,7H2,1-2H3,(H2,17,18,20). The molecular formula is C13H15F3N2O3. The lowest BCUT2D eigenvalue weighted by Crippen LogP contribution is -2.37. The van der Waals surface area contributed by atoms with E-state index in [4.69, 9.17) is 0 Å². The van der Waals surface area contributed by atoms with Gasteiger partial charge in [-0.25, -0.2) is 4.79 Å². The molecule has 8 heteroatoms. The summed E-state index contributed by atoms with van der Waals surface area (Å²) >= 11 is 0. The highest BCUT2D eigenvalue weighted by Gasteiger charge is 2.33. The summed E-state index contributed by atoms with van der Waals surface area (Å²) in [4.78, 5) is 22.6. The van der Waals surface area contributed by atoms with Crippen molar-refractivity contribution < 1.29 is 27.5 Å².